The normalized spacial score (nSPS) is 14.6. The van der Waals surface area contributed by atoms with Crippen molar-refractivity contribution in [3.8, 4) is 17.1 Å². The molecule has 2 N–H and O–H groups in total. The number of aromatic nitrogens is 2. The zero-order chi connectivity index (χ0) is 24.6. The van der Waals surface area contributed by atoms with Crippen molar-refractivity contribution in [2.75, 3.05) is 13.2 Å². The maximum atomic E-state index is 14.2. The molecule has 1 aromatic heterocycles. The first-order valence-corrected chi connectivity index (χ1v) is 12.3. The van der Waals surface area contributed by atoms with E-state index < -0.39 is 11.8 Å². The number of rotatable bonds is 12. The number of hydrogen-bond acceptors (Lipinski definition) is 5. The van der Waals surface area contributed by atoms with Gasteiger partial charge in [0.2, 0.25) is 0 Å². The highest BCUT2D eigenvalue weighted by Gasteiger charge is 2.24. The summed E-state index contributed by atoms with van der Waals surface area (Å²) in [6.45, 7) is 3.66. The van der Waals surface area contributed by atoms with Crippen LogP contribution in [0.15, 0.2) is 48.7 Å². The molecule has 0 bridgehead atoms. The predicted molar refractivity (Wildman–Crippen MR) is 133 cm³/mol. The summed E-state index contributed by atoms with van der Waals surface area (Å²) >= 11 is 0. The van der Waals surface area contributed by atoms with Crippen LogP contribution in [-0.4, -0.2) is 34.2 Å². The number of carbonyl (C=O) groups is 1. The lowest BCUT2D eigenvalue weighted by Crippen LogP contribution is -2.19. The first-order valence-electron chi connectivity index (χ1n) is 12.3. The molecule has 0 amide bonds. The van der Waals surface area contributed by atoms with Gasteiger partial charge in [0.15, 0.2) is 11.6 Å². The van der Waals surface area contributed by atoms with E-state index in [2.05, 4.69) is 34.3 Å². The smallest absolute Gasteiger partial charge is 0.303 e. The summed E-state index contributed by atoms with van der Waals surface area (Å²) in [7, 11) is 0. The second-order valence-electron chi connectivity index (χ2n) is 9.01. The van der Waals surface area contributed by atoms with E-state index in [4.69, 9.17) is 9.84 Å². The van der Waals surface area contributed by atoms with Gasteiger partial charge in [0.1, 0.15) is 5.75 Å². The fourth-order valence-electron chi connectivity index (χ4n) is 4.56. The van der Waals surface area contributed by atoms with Crippen LogP contribution in [0.2, 0.25) is 0 Å². The Balaban J connectivity index is 1.22. The SMILES string of the molecule is CCCc1ccc(-c2ncc(F)c(CNCCCOc3ccc4c(c3)CC[C@H]4CC(=O)O)n2)cc1. The Morgan fingerprint density at radius 1 is 1.23 bits per heavy atom. The van der Waals surface area contributed by atoms with E-state index in [1.165, 1.54) is 17.3 Å². The number of ether oxygens (including phenoxy) is 1. The fourth-order valence-corrected chi connectivity index (χ4v) is 4.56. The molecule has 0 radical (unpaired) electrons. The zero-order valence-electron chi connectivity index (χ0n) is 20.1. The molecule has 1 atom stereocenters. The molecule has 6 nitrogen and oxygen atoms in total. The molecule has 0 unspecified atom stereocenters. The van der Waals surface area contributed by atoms with Crippen LogP contribution in [0.5, 0.6) is 5.75 Å². The Morgan fingerprint density at radius 2 is 2.06 bits per heavy atom. The van der Waals surface area contributed by atoms with Crippen LogP contribution in [-0.2, 0) is 24.2 Å². The van der Waals surface area contributed by atoms with Crippen molar-refractivity contribution < 1.29 is 19.0 Å². The van der Waals surface area contributed by atoms with Crippen LogP contribution in [0.25, 0.3) is 11.4 Å². The number of aliphatic carboxylic acids is 1. The molecule has 4 rings (SSSR count). The monoisotopic (exact) mass is 477 g/mol. The topological polar surface area (TPSA) is 84.3 Å². The van der Waals surface area contributed by atoms with Crippen molar-refractivity contribution >= 4 is 5.97 Å². The van der Waals surface area contributed by atoms with Crippen LogP contribution in [0.1, 0.15) is 60.9 Å². The highest BCUT2D eigenvalue weighted by molar-refractivity contribution is 5.68. The molecular formula is C28H32FN3O3. The Labute approximate surface area is 205 Å². The average molecular weight is 478 g/mol. The first-order chi connectivity index (χ1) is 17.0. The Bertz CT molecular complexity index is 1150. The number of nitrogens with zero attached hydrogens (tertiary/aromatic N) is 2. The maximum Gasteiger partial charge on any atom is 0.303 e. The van der Waals surface area contributed by atoms with Gasteiger partial charge in [0.05, 0.1) is 24.9 Å². The van der Waals surface area contributed by atoms with Crippen LogP contribution >= 0.6 is 0 Å². The van der Waals surface area contributed by atoms with Gasteiger partial charge in [-0.05, 0) is 67.0 Å². The number of fused-ring (bicyclic) bond motifs is 1. The van der Waals surface area contributed by atoms with Gasteiger partial charge < -0.3 is 15.2 Å². The molecular weight excluding hydrogens is 445 g/mol. The quantitative estimate of drug-likeness (QED) is 0.345. The largest absolute Gasteiger partial charge is 0.494 e. The van der Waals surface area contributed by atoms with E-state index in [0.717, 1.165) is 49.0 Å². The third-order valence-corrected chi connectivity index (χ3v) is 6.36. The Kier molecular flexibility index (Phi) is 8.42. The van der Waals surface area contributed by atoms with Gasteiger partial charge in [0, 0.05) is 12.1 Å². The maximum absolute atomic E-state index is 14.2. The molecule has 184 valence electrons. The van der Waals surface area contributed by atoms with E-state index in [9.17, 15) is 9.18 Å². The number of aryl methyl sites for hydroxylation is 2. The minimum Gasteiger partial charge on any atom is -0.494 e. The lowest BCUT2D eigenvalue weighted by atomic mass is 9.98. The lowest BCUT2D eigenvalue weighted by molar-refractivity contribution is -0.137. The second kappa shape index (κ2) is 11.9. The molecule has 0 spiro atoms. The number of nitrogens with one attached hydrogen (secondary N) is 1. The molecule has 1 aliphatic carbocycles. The number of carboxylic acid groups (broad SMARTS) is 1. The zero-order valence-corrected chi connectivity index (χ0v) is 20.1. The lowest BCUT2D eigenvalue weighted by Gasteiger charge is -2.11. The summed E-state index contributed by atoms with van der Waals surface area (Å²) < 4.78 is 20.1. The van der Waals surface area contributed by atoms with E-state index in [0.29, 0.717) is 31.2 Å². The van der Waals surface area contributed by atoms with Crippen molar-refractivity contribution in [3.63, 3.8) is 0 Å². The van der Waals surface area contributed by atoms with E-state index in [1.54, 1.807) is 0 Å². The van der Waals surface area contributed by atoms with Crippen molar-refractivity contribution in [1.29, 1.82) is 0 Å². The van der Waals surface area contributed by atoms with Crippen LogP contribution in [0.3, 0.4) is 0 Å². The predicted octanol–water partition coefficient (Wildman–Crippen LogP) is 5.30. The summed E-state index contributed by atoms with van der Waals surface area (Å²) in [6.07, 6.45) is 6.06. The summed E-state index contributed by atoms with van der Waals surface area (Å²) in [6, 6.07) is 14.0. The minimum atomic E-state index is -0.755. The number of halogens is 1. The van der Waals surface area contributed by atoms with E-state index in [-0.39, 0.29) is 12.3 Å². The minimum absolute atomic E-state index is 0.101. The van der Waals surface area contributed by atoms with Gasteiger partial charge in [-0.2, -0.15) is 0 Å². The molecule has 0 fully saturated rings. The van der Waals surface area contributed by atoms with Crippen molar-refractivity contribution in [1.82, 2.24) is 15.3 Å². The second-order valence-corrected chi connectivity index (χ2v) is 9.01. The van der Waals surface area contributed by atoms with Gasteiger partial charge in [-0.25, -0.2) is 14.4 Å². The highest BCUT2D eigenvalue weighted by Crippen LogP contribution is 2.37. The van der Waals surface area contributed by atoms with Crippen LogP contribution in [0.4, 0.5) is 4.39 Å². The van der Waals surface area contributed by atoms with Crippen LogP contribution < -0.4 is 10.1 Å². The van der Waals surface area contributed by atoms with Crippen LogP contribution in [0, 0.1) is 5.82 Å². The summed E-state index contributed by atoms with van der Waals surface area (Å²) in [5.41, 5.74) is 4.81. The van der Waals surface area contributed by atoms with Crippen molar-refractivity contribution in [3.05, 3.63) is 76.9 Å². The average Bonchev–Trinajstić information content (AvgIpc) is 3.24. The fraction of sp³-hybridized carbons (Fsp3) is 0.393. The summed E-state index contributed by atoms with van der Waals surface area (Å²) in [4.78, 5) is 19.6. The van der Waals surface area contributed by atoms with E-state index >= 15 is 0 Å². The third-order valence-electron chi connectivity index (χ3n) is 6.36. The standard InChI is InChI=1S/C28H32FN3O3/c1-2-4-19-5-7-20(8-6-19)28-31-17-25(29)26(32-28)18-30-13-3-14-35-23-11-12-24-21(15-23)9-10-22(24)16-27(33)34/h5-8,11-12,15,17,22,30H,2-4,9-10,13-14,16,18H2,1H3,(H,33,34)/t22-/m0/s1. The number of carboxylic acids is 1. The molecule has 35 heavy (non-hydrogen) atoms. The van der Waals surface area contributed by atoms with Crippen molar-refractivity contribution in [2.45, 2.75) is 57.9 Å². The molecule has 2 aromatic carbocycles. The molecule has 1 heterocycles. The van der Waals surface area contributed by atoms with Gasteiger partial charge in [-0.3, -0.25) is 4.79 Å². The molecule has 3 aromatic rings. The molecule has 1 aliphatic rings. The van der Waals surface area contributed by atoms with Gasteiger partial charge >= 0.3 is 5.97 Å². The number of benzene rings is 2. The number of hydrogen-bond donors (Lipinski definition) is 2. The Morgan fingerprint density at radius 3 is 2.83 bits per heavy atom. The summed E-state index contributed by atoms with van der Waals surface area (Å²) in [5, 5.41) is 12.3. The molecule has 0 saturated heterocycles. The molecule has 0 saturated carbocycles. The first kappa shape index (κ1) is 24.8. The third kappa shape index (κ3) is 6.63. The van der Waals surface area contributed by atoms with Gasteiger partial charge in [-0.15, -0.1) is 0 Å². The van der Waals surface area contributed by atoms with Crippen molar-refractivity contribution in [2.24, 2.45) is 0 Å². The van der Waals surface area contributed by atoms with Gasteiger partial charge in [0.25, 0.3) is 0 Å². The molecule has 0 aliphatic heterocycles. The highest BCUT2D eigenvalue weighted by atomic mass is 19.1. The Hall–Kier alpha value is -3.32. The van der Waals surface area contributed by atoms with E-state index in [1.807, 2.05) is 30.3 Å². The van der Waals surface area contributed by atoms with Gasteiger partial charge in [-0.1, -0.05) is 43.7 Å². The molecule has 7 heteroatoms. The summed E-state index contributed by atoms with van der Waals surface area (Å²) in [5.74, 6) is 0.256.